The van der Waals surface area contributed by atoms with Crippen LogP contribution in [0, 0.1) is 0 Å². The number of hydrogen-bond acceptors (Lipinski definition) is 3. The van der Waals surface area contributed by atoms with Gasteiger partial charge in [0.2, 0.25) is 0 Å². The van der Waals surface area contributed by atoms with Crippen LogP contribution in [0.25, 0.3) is 0 Å². The summed E-state index contributed by atoms with van der Waals surface area (Å²) in [5.41, 5.74) is 5.60. The lowest BCUT2D eigenvalue weighted by molar-refractivity contribution is -0.142. The maximum absolute atomic E-state index is 11.2. The molecule has 1 aliphatic rings. The molecule has 2 rings (SSSR count). The molecule has 104 valence electrons. The molecule has 3 N–H and O–H groups in total. The van der Waals surface area contributed by atoms with Gasteiger partial charge in [0.15, 0.2) is 0 Å². The van der Waals surface area contributed by atoms with Crippen molar-refractivity contribution in [1.29, 1.82) is 0 Å². The Morgan fingerprint density at radius 2 is 2.21 bits per heavy atom. The van der Waals surface area contributed by atoms with E-state index >= 15 is 0 Å². The summed E-state index contributed by atoms with van der Waals surface area (Å²) in [6, 6.07) is 5.45. The Hall–Kier alpha value is -0.810. The van der Waals surface area contributed by atoms with Crippen LogP contribution < -0.4 is 5.73 Å². The van der Waals surface area contributed by atoms with E-state index in [0.717, 1.165) is 5.56 Å². The molecule has 0 aromatic heterocycles. The Morgan fingerprint density at radius 3 is 2.79 bits per heavy atom. The van der Waals surface area contributed by atoms with Crippen LogP contribution in [0.3, 0.4) is 0 Å². The minimum atomic E-state index is -1.17. The Kier molecular flexibility index (Phi) is 4.06. The van der Waals surface area contributed by atoms with E-state index in [9.17, 15) is 4.79 Å². The Bertz CT molecular complexity index is 509. The van der Waals surface area contributed by atoms with Gasteiger partial charge in [0.1, 0.15) is 5.54 Å². The van der Waals surface area contributed by atoms with Gasteiger partial charge in [0.25, 0.3) is 0 Å². The van der Waals surface area contributed by atoms with E-state index in [1.54, 1.807) is 6.07 Å². The number of carboxylic acid groups (broad SMARTS) is 1. The highest BCUT2D eigenvalue weighted by Gasteiger charge is 2.42. The Morgan fingerprint density at radius 1 is 1.53 bits per heavy atom. The molecule has 2 unspecified atom stereocenters. The number of carbonyl (C=O) groups is 1. The number of carboxylic acids is 1. The number of hydrogen-bond donors (Lipinski definition) is 2. The van der Waals surface area contributed by atoms with Crippen LogP contribution in [0.5, 0.6) is 0 Å². The van der Waals surface area contributed by atoms with Crippen molar-refractivity contribution in [3.63, 3.8) is 0 Å². The van der Waals surface area contributed by atoms with Crippen molar-refractivity contribution in [2.24, 2.45) is 5.73 Å². The second-order valence-corrected chi connectivity index (χ2v) is 5.79. The fraction of sp³-hybridized carbons (Fsp3) is 0.462. The molecule has 6 heteroatoms. The molecule has 0 bridgehead atoms. The predicted molar refractivity (Wildman–Crippen MR) is 75.6 cm³/mol. The molecule has 1 aliphatic heterocycles. The Labute approximate surface area is 122 Å². The summed E-state index contributed by atoms with van der Waals surface area (Å²) in [6.07, 6.45) is 0.435. The molecular weight excluding hydrogens is 287 g/mol. The van der Waals surface area contributed by atoms with Crippen molar-refractivity contribution >= 4 is 29.2 Å². The largest absolute Gasteiger partial charge is 0.480 e. The summed E-state index contributed by atoms with van der Waals surface area (Å²) < 4.78 is 0. The van der Waals surface area contributed by atoms with Gasteiger partial charge in [-0.25, -0.2) is 0 Å². The minimum Gasteiger partial charge on any atom is -0.480 e. The van der Waals surface area contributed by atoms with Gasteiger partial charge in [-0.1, -0.05) is 35.3 Å². The van der Waals surface area contributed by atoms with Crippen molar-refractivity contribution in [2.45, 2.75) is 24.9 Å². The average molecular weight is 303 g/mol. The molecule has 0 amide bonds. The lowest BCUT2D eigenvalue weighted by Gasteiger charge is -2.27. The zero-order chi connectivity index (χ0) is 14.2. The van der Waals surface area contributed by atoms with Crippen molar-refractivity contribution < 1.29 is 9.90 Å². The van der Waals surface area contributed by atoms with E-state index in [-0.39, 0.29) is 6.04 Å². The molecular formula is C13H16Cl2N2O2. The number of benzene rings is 1. The second-order valence-electron chi connectivity index (χ2n) is 5.00. The molecule has 1 aromatic carbocycles. The van der Waals surface area contributed by atoms with Gasteiger partial charge in [0, 0.05) is 19.1 Å². The molecule has 19 heavy (non-hydrogen) atoms. The third-order valence-electron chi connectivity index (χ3n) is 3.74. The van der Waals surface area contributed by atoms with Gasteiger partial charge in [-0.05, 0) is 25.0 Å². The van der Waals surface area contributed by atoms with E-state index < -0.39 is 11.5 Å². The number of nitrogens with two attached hydrogens (primary N) is 1. The van der Waals surface area contributed by atoms with Gasteiger partial charge in [-0.2, -0.15) is 0 Å². The average Bonchev–Trinajstić information content (AvgIpc) is 2.76. The second kappa shape index (κ2) is 5.29. The molecule has 1 fully saturated rings. The van der Waals surface area contributed by atoms with Gasteiger partial charge >= 0.3 is 5.97 Å². The van der Waals surface area contributed by atoms with E-state index in [2.05, 4.69) is 0 Å². The molecule has 0 saturated carbocycles. The van der Waals surface area contributed by atoms with Crippen molar-refractivity contribution in [1.82, 2.24) is 4.90 Å². The van der Waals surface area contributed by atoms with Crippen molar-refractivity contribution in [3.8, 4) is 0 Å². The quantitative estimate of drug-likeness (QED) is 0.900. The lowest BCUT2D eigenvalue weighted by Crippen LogP contribution is -2.50. The predicted octanol–water partition coefficient (Wildman–Crippen LogP) is 2.54. The highest BCUT2D eigenvalue weighted by molar-refractivity contribution is 6.42. The van der Waals surface area contributed by atoms with Gasteiger partial charge in [0.05, 0.1) is 10.0 Å². The van der Waals surface area contributed by atoms with E-state index in [1.807, 2.05) is 24.0 Å². The fourth-order valence-corrected chi connectivity index (χ4v) is 2.87. The molecule has 0 radical (unpaired) electrons. The minimum absolute atomic E-state index is 0.0176. The first kappa shape index (κ1) is 14.6. The normalized spacial score (nSPS) is 25.5. The number of nitrogens with zero attached hydrogens (tertiary/aromatic N) is 1. The molecule has 1 heterocycles. The number of rotatable bonds is 3. The number of halogens is 2. The summed E-state index contributed by atoms with van der Waals surface area (Å²) in [5.74, 6) is -0.959. The highest BCUT2D eigenvalue weighted by Crippen LogP contribution is 2.35. The van der Waals surface area contributed by atoms with Crippen molar-refractivity contribution in [3.05, 3.63) is 33.8 Å². The monoisotopic (exact) mass is 302 g/mol. The summed E-state index contributed by atoms with van der Waals surface area (Å²) in [6.45, 7) is 2.92. The first-order chi connectivity index (χ1) is 8.85. The summed E-state index contributed by atoms with van der Waals surface area (Å²) in [4.78, 5) is 13.2. The van der Waals surface area contributed by atoms with Crippen LogP contribution in [0.2, 0.25) is 10.0 Å². The maximum Gasteiger partial charge on any atom is 0.325 e. The number of likely N-dealkylation sites (tertiary alicyclic amines) is 1. The van der Waals surface area contributed by atoms with Crippen LogP contribution in [0.15, 0.2) is 18.2 Å². The molecule has 4 nitrogen and oxygen atoms in total. The van der Waals surface area contributed by atoms with E-state index in [1.165, 1.54) is 0 Å². The van der Waals surface area contributed by atoms with Crippen LogP contribution in [-0.4, -0.2) is 34.6 Å². The summed E-state index contributed by atoms with van der Waals surface area (Å²) in [5, 5.41) is 10.2. The third-order valence-corrected chi connectivity index (χ3v) is 4.57. The van der Waals surface area contributed by atoms with Crippen molar-refractivity contribution in [2.75, 3.05) is 13.1 Å². The van der Waals surface area contributed by atoms with Gasteiger partial charge in [-0.15, -0.1) is 0 Å². The molecule has 0 aliphatic carbocycles. The van der Waals surface area contributed by atoms with Crippen LogP contribution >= 0.6 is 23.2 Å². The van der Waals surface area contributed by atoms with E-state index in [4.69, 9.17) is 34.0 Å². The number of aliphatic carboxylic acids is 1. The van der Waals surface area contributed by atoms with E-state index in [0.29, 0.717) is 29.6 Å². The topological polar surface area (TPSA) is 66.6 Å². The smallest absolute Gasteiger partial charge is 0.325 e. The zero-order valence-electron chi connectivity index (χ0n) is 10.6. The summed E-state index contributed by atoms with van der Waals surface area (Å²) >= 11 is 12.2. The van der Waals surface area contributed by atoms with Gasteiger partial charge < -0.3 is 10.8 Å². The third kappa shape index (κ3) is 2.72. The summed E-state index contributed by atoms with van der Waals surface area (Å²) in [7, 11) is 0. The Balaban J connectivity index is 2.20. The fourth-order valence-electron chi connectivity index (χ4n) is 2.41. The maximum atomic E-state index is 11.2. The molecule has 2 atom stereocenters. The molecule has 1 aromatic rings. The first-order valence-corrected chi connectivity index (χ1v) is 6.81. The van der Waals surface area contributed by atoms with Crippen LogP contribution in [0.1, 0.15) is 24.9 Å². The van der Waals surface area contributed by atoms with Crippen LogP contribution in [-0.2, 0) is 4.79 Å². The standard InChI is InChI=1S/C13H16Cl2N2O2/c1-8(9-3-2-4-10(14)11(9)15)17-6-5-13(16,7-17)12(18)19/h2-4,8H,5-7,16H2,1H3,(H,18,19). The zero-order valence-corrected chi connectivity index (χ0v) is 12.1. The van der Waals surface area contributed by atoms with Gasteiger partial charge in [-0.3, -0.25) is 9.69 Å². The molecule has 1 saturated heterocycles. The lowest BCUT2D eigenvalue weighted by atomic mass is 10.0. The van der Waals surface area contributed by atoms with Crippen LogP contribution in [0.4, 0.5) is 0 Å². The first-order valence-electron chi connectivity index (χ1n) is 6.05. The SMILES string of the molecule is CC(c1cccc(Cl)c1Cl)N1CCC(N)(C(=O)O)C1. The molecule has 0 spiro atoms. The highest BCUT2D eigenvalue weighted by atomic mass is 35.5.